The molecule has 292 valence electrons. The van der Waals surface area contributed by atoms with E-state index in [2.05, 4.69) is 176 Å². The molecular formula is C56H32S6. The lowest BCUT2D eigenvalue weighted by atomic mass is 10.0. The fraction of sp³-hybridized carbons (Fsp3) is 0.0357. The Kier molecular flexibility index (Phi) is 8.10. The maximum Gasteiger partial charge on any atom is 0.0534 e. The van der Waals surface area contributed by atoms with Crippen LogP contribution >= 0.6 is 68.4 Å². The van der Waals surface area contributed by atoms with E-state index >= 15 is 0 Å². The Balaban J connectivity index is 0.746. The highest BCUT2D eigenvalue weighted by molar-refractivity contribution is 8.08. The highest BCUT2D eigenvalue weighted by Crippen LogP contribution is 2.53. The quantitative estimate of drug-likeness (QED) is 0.166. The van der Waals surface area contributed by atoms with Crippen LogP contribution in [0.15, 0.2) is 176 Å². The summed E-state index contributed by atoms with van der Waals surface area (Å²) in [6, 6.07) is 63.9. The lowest BCUT2D eigenvalue weighted by Crippen LogP contribution is -1.83. The van der Waals surface area contributed by atoms with Crippen LogP contribution in [0.4, 0.5) is 0 Å². The average molecular weight is 897 g/mol. The Bertz CT molecular complexity index is 3980. The zero-order valence-electron chi connectivity index (χ0n) is 33.0. The minimum absolute atomic E-state index is 0.437. The van der Waals surface area contributed by atoms with Crippen molar-refractivity contribution in [3.8, 4) is 32.7 Å². The summed E-state index contributed by atoms with van der Waals surface area (Å²) in [6.45, 7) is 0. The van der Waals surface area contributed by atoms with Gasteiger partial charge in [0.1, 0.15) is 0 Å². The standard InChI is InChI=1S/C56H32S6/c1-3-7-31(8-4-1)33-11-19-47-41(27-33)37-15-17-39-43-29-35(13-21-49(43)61-55(39)53(37)59-47)45-23-25-51(57-45)52-26-24-46(58-52)36-14-22-50-44(30-36)40-18-16-38-42-28-34(32-9-5-2-6-10-32)12-20-48(42)60-54(38)56(40)62-50/h1-25,27-30,52H,26H2. The third-order valence-electron chi connectivity index (χ3n) is 12.7. The van der Waals surface area contributed by atoms with E-state index in [1.165, 1.54) is 129 Å². The number of rotatable bonds is 5. The summed E-state index contributed by atoms with van der Waals surface area (Å²) >= 11 is 11.8. The Morgan fingerprint density at radius 3 is 1.23 bits per heavy atom. The molecule has 0 N–H and O–H groups in total. The predicted octanol–water partition coefficient (Wildman–Crippen LogP) is 19.4. The van der Waals surface area contributed by atoms with E-state index in [-0.39, 0.29) is 0 Å². The van der Waals surface area contributed by atoms with Crippen LogP contribution < -0.4 is 0 Å². The van der Waals surface area contributed by atoms with Crippen molar-refractivity contribution in [2.24, 2.45) is 0 Å². The molecular weight excluding hydrogens is 865 g/mol. The second kappa shape index (κ2) is 14.0. The highest BCUT2D eigenvalue weighted by Gasteiger charge is 2.24. The monoisotopic (exact) mass is 896 g/mol. The molecule has 5 aromatic heterocycles. The number of thiophene rings is 5. The zero-order chi connectivity index (χ0) is 40.5. The van der Waals surface area contributed by atoms with E-state index in [1.54, 1.807) is 0 Å². The molecule has 0 nitrogen and oxygen atoms in total. The van der Waals surface area contributed by atoms with Crippen molar-refractivity contribution in [3.63, 3.8) is 0 Å². The first kappa shape index (κ1) is 36.0. The Morgan fingerprint density at radius 1 is 0.323 bits per heavy atom. The van der Waals surface area contributed by atoms with Crippen molar-refractivity contribution in [3.05, 3.63) is 186 Å². The van der Waals surface area contributed by atoms with Gasteiger partial charge in [0.05, 0.1) is 18.8 Å². The molecule has 1 aliphatic heterocycles. The molecule has 1 atom stereocenters. The Labute approximate surface area is 381 Å². The molecule has 14 rings (SSSR count). The van der Waals surface area contributed by atoms with Gasteiger partial charge in [-0.05, 0) is 100 Å². The van der Waals surface area contributed by atoms with Gasteiger partial charge in [-0.25, -0.2) is 0 Å². The van der Waals surface area contributed by atoms with Gasteiger partial charge in [0.15, 0.2) is 0 Å². The number of thioether (sulfide) groups is 1. The summed E-state index contributed by atoms with van der Waals surface area (Å²) in [7, 11) is 0. The van der Waals surface area contributed by atoms with Gasteiger partial charge < -0.3 is 0 Å². The summed E-state index contributed by atoms with van der Waals surface area (Å²) in [5.41, 5.74) is 7.73. The second-order valence-corrected chi connectivity index (χ2v) is 22.8. The molecule has 1 unspecified atom stereocenters. The summed E-state index contributed by atoms with van der Waals surface area (Å²) < 4.78 is 11.1. The van der Waals surface area contributed by atoms with E-state index < -0.39 is 0 Å². The third kappa shape index (κ3) is 5.61. The molecule has 0 bridgehead atoms. The molecule has 1 aliphatic rings. The molecule has 62 heavy (non-hydrogen) atoms. The van der Waals surface area contributed by atoms with Crippen LogP contribution in [0.2, 0.25) is 0 Å². The van der Waals surface area contributed by atoms with Crippen LogP contribution in [0.1, 0.15) is 22.1 Å². The SMILES string of the molecule is C1=C(c2ccc3sc4c(ccc5c6cc(-c7ccccc7)ccc6sc54)c3c2)SC(c2ccc(-c3ccc4sc5c(ccc6c7cc(-c8ccccc8)ccc7sc65)c4c3)s2)C1. The van der Waals surface area contributed by atoms with Gasteiger partial charge in [-0.15, -0.1) is 68.4 Å². The molecule has 0 saturated heterocycles. The number of allylic oxidation sites excluding steroid dienone is 1. The Hall–Kier alpha value is -5.57. The summed E-state index contributed by atoms with van der Waals surface area (Å²) in [5, 5.41) is 11.4. The molecule has 0 aliphatic carbocycles. The lowest BCUT2D eigenvalue weighted by molar-refractivity contribution is 1.02. The van der Waals surface area contributed by atoms with Crippen LogP contribution in [0.5, 0.6) is 0 Å². The van der Waals surface area contributed by atoms with Gasteiger partial charge in [-0.3, -0.25) is 0 Å². The number of fused-ring (bicyclic) bond motifs is 14. The molecule has 0 amide bonds. The van der Waals surface area contributed by atoms with Crippen molar-refractivity contribution in [2.45, 2.75) is 11.7 Å². The van der Waals surface area contributed by atoms with Gasteiger partial charge in [0.25, 0.3) is 0 Å². The molecule has 13 aromatic rings. The van der Waals surface area contributed by atoms with Crippen molar-refractivity contribution < 1.29 is 0 Å². The lowest BCUT2D eigenvalue weighted by Gasteiger charge is -2.08. The van der Waals surface area contributed by atoms with E-state index in [4.69, 9.17) is 0 Å². The summed E-state index contributed by atoms with van der Waals surface area (Å²) in [5.74, 6) is 0. The predicted molar refractivity (Wildman–Crippen MR) is 282 cm³/mol. The molecule has 8 aromatic carbocycles. The van der Waals surface area contributed by atoms with Crippen LogP contribution in [-0.4, -0.2) is 0 Å². The maximum atomic E-state index is 2.47. The normalized spacial score (nSPS) is 14.6. The van der Waals surface area contributed by atoms with Gasteiger partial charge in [-0.1, -0.05) is 115 Å². The molecule has 0 radical (unpaired) electrons. The maximum absolute atomic E-state index is 2.47. The van der Waals surface area contributed by atoms with Crippen molar-refractivity contribution in [1.82, 2.24) is 0 Å². The third-order valence-corrected chi connectivity index (χ3v) is 20.5. The van der Waals surface area contributed by atoms with E-state index in [0.717, 1.165) is 6.42 Å². The minimum Gasteiger partial charge on any atom is -0.139 e. The van der Waals surface area contributed by atoms with E-state index in [0.29, 0.717) is 5.25 Å². The largest absolute Gasteiger partial charge is 0.139 e. The highest BCUT2D eigenvalue weighted by atomic mass is 32.2. The van der Waals surface area contributed by atoms with Crippen LogP contribution in [0.25, 0.3) is 118 Å². The fourth-order valence-electron chi connectivity index (χ4n) is 9.57. The van der Waals surface area contributed by atoms with Crippen molar-refractivity contribution in [2.75, 3.05) is 0 Å². The van der Waals surface area contributed by atoms with Crippen LogP contribution in [-0.2, 0) is 0 Å². The first-order valence-electron chi connectivity index (χ1n) is 20.9. The van der Waals surface area contributed by atoms with Crippen molar-refractivity contribution >= 4 is 154 Å². The second-order valence-electron chi connectivity index (χ2n) is 16.2. The zero-order valence-corrected chi connectivity index (χ0v) is 37.9. The van der Waals surface area contributed by atoms with E-state index in [1.807, 2.05) is 68.4 Å². The number of hydrogen-bond donors (Lipinski definition) is 0. The summed E-state index contributed by atoms with van der Waals surface area (Å²) in [4.78, 5) is 4.21. The molecule has 0 saturated carbocycles. The van der Waals surface area contributed by atoms with Gasteiger partial charge in [0, 0.05) is 81.8 Å². The van der Waals surface area contributed by atoms with Crippen molar-refractivity contribution in [1.29, 1.82) is 0 Å². The molecule has 6 heteroatoms. The fourth-order valence-corrected chi connectivity index (χ4v) is 17.0. The van der Waals surface area contributed by atoms with Crippen LogP contribution in [0.3, 0.4) is 0 Å². The first-order valence-corrected chi connectivity index (χ1v) is 25.8. The first-order chi connectivity index (χ1) is 30.7. The molecule has 0 fully saturated rings. The average Bonchev–Trinajstić information content (AvgIpc) is 4.19. The Morgan fingerprint density at radius 2 is 0.742 bits per heavy atom. The topological polar surface area (TPSA) is 0 Å². The molecule has 6 heterocycles. The summed E-state index contributed by atoms with van der Waals surface area (Å²) in [6.07, 6.45) is 3.53. The minimum atomic E-state index is 0.437. The number of hydrogen-bond acceptors (Lipinski definition) is 6. The van der Waals surface area contributed by atoms with Gasteiger partial charge in [-0.2, -0.15) is 0 Å². The van der Waals surface area contributed by atoms with Crippen LogP contribution in [0, 0.1) is 0 Å². The van der Waals surface area contributed by atoms with Gasteiger partial charge in [0.2, 0.25) is 0 Å². The smallest absolute Gasteiger partial charge is 0.0534 e. The van der Waals surface area contributed by atoms with Gasteiger partial charge >= 0.3 is 0 Å². The number of benzene rings is 8. The molecule has 0 spiro atoms. The van der Waals surface area contributed by atoms with E-state index in [9.17, 15) is 0 Å².